The first-order valence-corrected chi connectivity index (χ1v) is 7.80. The van der Waals surface area contributed by atoms with Crippen LogP contribution in [-0.2, 0) is 10.0 Å². The molecule has 110 valence electrons. The molecule has 20 heavy (non-hydrogen) atoms. The summed E-state index contributed by atoms with van der Waals surface area (Å²) in [7, 11) is -3.82. The average molecular weight is 301 g/mol. The molecule has 0 atom stereocenters. The summed E-state index contributed by atoms with van der Waals surface area (Å²) < 4.78 is 39.9. The molecule has 2 rings (SSSR count). The number of carboxylic acids is 1. The Bertz CT molecular complexity index is 638. The summed E-state index contributed by atoms with van der Waals surface area (Å²) in [5.41, 5.74) is -0.618. The van der Waals surface area contributed by atoms with Crippen molar-refractivity contribution < 1.29 is 22.7 Å². The molecule has 0 bridgehead atoms. The number of benzene rings is 1. The highest BCUT2D eigenvalue weighted by atomic mass is 32.2. The van der Waals surface area contributed by atoms with E-state index < -0.39 is 27.4 Å². The number of rotatable bonds is 6. The van der Waals surface area contributed by atoms with Crippen LogP contribution < -0.4 is 4.72 Å². The van der Waals surface area contributed by atoms with E-state index in [4.69, 9.17) is 5.11 Å². The van der Waals surface area contributed by atoms with Crippen LogP contribution in [0.5, 0.6) is 0 Å². The van der Waals surface area contributed by atoms with E-state index in [-0.39, 0.29) is 10.3 Å². The lowest BCUT2D eigenvalue weighted by Gasteiger charge is -2.14. The lowest BCUT2D eigenvalue weighted by molar-refractivity contribution is 0.0691. The number of aromatic carboxylic acids is 1. The normalized spacial score (nSPS) is 16.9. The average Bonchev–Trinajstić information content (AvgIpc) is 3.17. The molecular weight excluding hydrogens is 285 g/mol. The van der Waals surface area contributed by atoms with Crippen LogP contribution in [-0.4, -0.2) is 26.0 Å². The molecule has 0 aromatic heterocycles. The Hall–Kier alpha value is -1.47. The summed E-state index contributed by atoms with van der Waals surface area (Å²) in [5.74, 6) is -2.45. The third-order valence-electron chi connectivity index (χ3n) is 3.82. The number of halogens is 1. The van der Waals surface area contributed by atoms with Crippen molar-refractivity contribution in [1.82, 2.24) is 4.72 Å². The molecule has 1 aliphatic rings. The topological polar surface area (TPSA) is 83.5 Å². The van der Waals surface area contributed by atoms with E-state index in [9.17, 15) is 17.6 Å². The van der Waals surface area contributed by atoms with Crippen LogP contribution in [0.4, 0.5) is 4.39 Å². The van der Waals surface area contributed by atoms with Gasteiger partial charge in [0.25, 0.3) is 0 Å². The van der Waals surface area contributed by atoms with Crippen LogP contribution in [0.15, 0.2) is 23.1 Å². The zero-order valence-corrected chi connectivity index (χ0v) is 11.8. The Morgan fingerprint density at radius 2 is 2.10 bits per heavy atom. The summed E-state index contributed by atoms with van der Waals surface area (Å²) in [6.45, 7) is 2.33. The Morgan fingerprint density at radius 3 is 2.60 bits per heavy atom. The van der Waals surface area contributed by atoms with E-state index in [0.29, 0.717) is 6.54 Å². The van der Waals surface area contributed by atoms with Crippen LogP contribution in [0.2, 0.25) is 0 Å². The highest BCUT2D eigenvalue weighted by molar-refractivity contribution is 7.89. The van der Waals surface area contributed by atoms with E-state index in [0.717, 1.165) is 37.5 Å². The number of hydrogen-bond acceptors (Lipinski definition) is 3. The third-order valence-corrected chi connectivity index (χ3v) is 5.22. The van der Waals surface area contributed by atoms with Crippen LogP contribution >= 0.6 is 0 Å². The highest BCUT2D eigenvalue weighted by Gasteiger charge is 2.41. The van der Waals surface area contributed by atoms with Crippen LogP contribution in [0.1, 0.15) is 36.5 Å². The summed E-state index contributed by atoms with van der Waals surface area (Å²) >= 11 is 0. The van der Waals surface area contributed by atoms with Crippen molar-refractivity contribution in [2.45, 2.75) is 31.1 Å². The smallest absolute Gasteiger partial charge is 0.338 e. The SMILES string of the molecule is CCC1(CNS(=O)(=O)c2ccc(F)c(C(=O)O)c2)CC1. The maximum absolute atomic E-state index is 13.3. The lowest BCUT2D eigenvalue weighted by Crippen LogP contribution is -2.30. The minimum Gasteiger partial charge on any atom is -0.478 e. The Kier molecular flexibility index (Phi) is 3.84. The quantitative estimate of drug-likeness (QED) is 0.841. The Labute approximate surface area is 116 Å². The fraction of sp³-hybridized carbons (Fsp3) is 0.462. The maximum Gasteiger partial charge on any atom is 0.338 e. The first-order chi connectivity index (χ1) is 9.30. The molecule has 0 radical (unpaired) electrons. The van der Waals surface area contributed by atoms with Gasteiger partial charge in [-0.15, -0.1) is 0 Å². The molecule has 0 unspecified atom stereocenters. The van der Waals surface area contributed by atoms with Crippen LogP contribution in [0, 0.1) is 11.2 Å². The zero-order chi connectivity index (χ0) is 15.0. The monoisotopic (exact) mass is 301 g/mol. The van der Waals surface area contributed by atoms with E-state index in [1.807, 2.05) is 6.92 Å². The van der Waals surface area contributed by atoms with Gasteiger partial charge < -0.3 is 5.11 Å². The second kappa shape index (κ2) is 5.14. The van der Waals surface area contributed by atoms with Gasteiger partial charge in [0.15, 0.2) is 0 Å². The molecule has 1 aliphatic carbocycles. The van der Waals surface area contributed by atoms with Gasteiger partial charge in [-0.05, 0) is 42.9 Å². The van der Waals surface area contributed by atoms with Gasteiger partial charge in [0.05, 0.1) is 10.5 Å². The predicted molar refractivity (Wildman–Crippen MR) is 70.5 cm³/mol. The number of nitrogens with one attached hydrogen (secondary N) is 1. The summed E-state index contributed by atoms with van der Waals surface area (Å²) in [5, 5.41) is 8.81. The van der Waals surface area contributed by atoms with Crippen molar-refractivity contribution in [1.29, 1.82) is 0 Å². The molecule has 0 aliphatic heterocycles. The van der Waals surface area contributed by atoms with E-state index in [1.165, 1.54) is 0 Å². The minimum atomic E-state index is -3.82. The third kappa shape index (κ3) is 2.99. The standard InChI is InChI=1S/C13H16FNO4S/c1-2-13(5-6-13)8-15-20(18,19)9-3-4-11(14)10(7-9)12(16)17/h3-4,7,15H,2,5-6,8H2,1H3,(H,16,17). The van der Waals surface area contributed by atoms with Crippen molar-refractivity contribution in [3.05, 3.63) is 29.6 Å². The molecule has 1 aromatic rings. The Morgan fingerprint density at radius 1 is 1.45 bits per heavy atom. The number of carbonyl (C=O) groups is 1. The predicted octanol–water partition coefficient (Wildman–Crippen LogP) is 1.99. The molecule has 0 saturated heterocycles. The summed E-state index contributed by atoms with van der Waals surface area (Å²) in [4.78, 5) is 10.6. The van der Waals surface area contributed by atoms with Gasteiger partial charge in [0, 0.05) is 6.54 Å². The van der Waals surface area contributed by atoms with E-state index in [1.54, 1.807) is 0 Å². The van der Waals surface area contributed by atoms with Gasteiger partial charge in [0.1, 0.15) is 5.82 Å². The van der Waals surface area contributed by atoms with Crippen LogP contribution in [0.3, 0.4) is 0 Å². The van der Waals surface area contributed by atoms with E-state index >= 15 is 0 Å². The molecule has 7 heteroatoms. The minimum absolute atomic E-state index is 0.0305. The number of sulfonamides is 1. The first kappa shape index (κ1) is 14.9. The highest BCUT2D eigenvalue weighted by Crippen LogP contribution is 2.48. The van der Waals surface area contributed by atoms with Crippen LogP contribution in [0.25, 0.3) is 0 Å². The van der Waals surface area contributed by atoms with Crippen molar-refractivity contribution in [3.8, 4) is 0 Å². The summed E-state index contributed by atoms with van der Waals surface area (Å²) in [6, 6.07) is 2.76. The van der Waals surface area contributed by atoms with Crippen molar-refractivity contribution in [2.75, 3.05) is 6.54 Å². The summed E-state index contributed by atoms with van der Waals surface area (Å²) in [6.07, 6.45) is 2.85. The van der Waals surface area contributed by atoms with E-state index in [2.05, 4.69) is 4.72 Å². The molecule has 2 N–H and O–H groups in total. The molecule has 1 fully saturated rings. The second-order valence-electron chi connectivity index (χ2n) is 5.12. The van der Waals surface area contributed by atoms with Crippen molar-refractivity contribution in [3.63, 3.8) is 0 Å². The molecule has 1 aromatic carbocycles. The first-order valence-electron chi connectivity index (χ1n) is 6.32. The zero-order valence-electron chi connectivity index (χ0n) is 11.0. The number of carboxylic acid groups (broad SMARTS) is 1. The second-order valence-corrected chi connectivity index (χ2v) is 6.89. The maximum atomic E-state index is 13.3. The molecule has 5 nitrogen and oxygen atoms in total. The molecule has 0 heterocycles. The number of hydrogen-bond donors (Lipinski definition) is 2. The van der Waals surface area contributed by atoms with Gasteiger partial charge in [-0.1, -0.05) is 6.92 Å². The van der Waals surface area contributed by atoms with Gasteiger partial charge in [-0.3, -0.25) is 0 Å². The van der Waals surface area contributed by atoms with Gasteiger partial charge in [-0.25, -0.2) is 22.3 Å². The van der Waals surface area contributed by atoms with Gasteiger partial charge in [-0.2, -0.15) is 0 Å². The van der Waals surface area contributed by atoms with Gasteiger partial charge >= 0.3 is 5.97 Å². The van der Waals surface area contributed by atoms with Crippen molar-refractivity contribution in [2.24, 2.45) is 5.41 Å². The van der Waals surface area contributed by atoms with Crippen molar-refractivity contribution >= 4 is 16.0 Å². The molecular formula is C13H16FNO4S. The fourth-order valence-electron chi connectivity index (χ4n) is 2.00. The lowest BCUT2D eigenvalue weighted by atomic mass is 10.1. The molecule has 0 spiro atoms. The largest absolute Gasteiger partial charge is 0.478 e. The Balaban J connectivity index is 2.21. The molecule has 1 saturated carbocycles. The fourth-order valence-corrected chi connectivity index (χ4v) is 3.18. The van der Waals surface area contributed by atoms with Gasteiger partial charge in [0.2, 0.25) is 10.0 Å². The molecule has 0 amide bonds.